The summed E-state index contributed by atoms with van der Waals surface area (Å²) in [6.45, 7) is 0.488. The minimum atomic E-state index is 0.0786. The third-order valence-electron chi connectivity index (χ3n) is 3.55. The van der Waals surface area contributed by atoms with E-state index >= 15 is 0 Å². The molecule has 0 spiro atoms. The molecule has 3 N–H and O–H groups in total. The summed E-state index contributed by atoms with van der Waals surface area (Å²) >= 11 is 0. The normalized spacial score (nSPS) is 18.9. The number of hydrogen-bond acceptors (Lipinski definition) is 3. The molecule has 0 aliphatic heterocycles. The highest BCUT2D eigenvalue weighted by atomic mass is 16.5. The summed E-state index contributed by atoms with van der Waals surface area (Å²) in [5.74, 6) is 1.29. The molecule has 1 atom stereocenters. The molecule has 2 rings (SSSR count). The highest BCUT2D eigenvalue weighted by molar-refractivity contribution is 5.37. The van der Waals surface area contributed by atoms with Crippen molar-refractivity contribution in [3.63, 3.8) is 0 Å². The smallest absolute Gasteiger partial charge is 0.160 e. The van der Waals surface area contributed by atoms with Crippen LogP contribution in [0.15, 0.2) is 24.3 Å². The molecule has 94 valence electrons. The van der Waals surface area contributed by atoms with Gasteiger partial charge in [-0.3, -0.25) is 0 Å². The number of hydrogen-bond donors (Lipinski definition) is 2. The Morgan fingerprint density at radius 2 is 1.94 bits per heavy atom. The van der Waals surface area contributed by atoms with E-state index in [1.807, 2.05) is 6.07 Å². The lowest BCUT2D eigenvalue weighted by Gasteiger charge is -2.27. The van der Waals surface area contributed by atoms with Crippen molar-refractivity contribution in [3.8, 4) is 11.5 Å². The summed E-state index contributed by atoms with van der Waals surface area (Å²) in [6, 6.07) is 7.10. The van der Waals surface area contributed by atoms with E-state index in [1.165, 1.54) is 32.1 Å². The molecule has 0 saturated heterocycles. The standard InChI is InChI=1S/C14H21NO2/c15-12(11-6-2-1-3-7-11)10-17-14-9-5-4-8-13(14)16/h4-5,8-9,11-12,16H,1-3,6-7,10,15H2. The zero-order valence-electron chi connectivity index (χ0n) is 10.1. The van der Waals surface area contributed by atoms with Crippen LogP contribution in [0.5, 0.6) is 11.5 Å². The quantitative estimate of drug-likeness (QED) is 0.843. The van der Waals surface area contributed by atoms with E-state index in [0.29, 0.717) is 18.3 Å². The van der Waals surface area contributed by atoms with E-state index in [4.69, 9.17) is 10.5 Å². The second-order valence-electron chi connectivity index (χ2n) is 4.84. The predicted octanol–water partition coefficient (Wildman–Crippen LogP) is 2.68. The van der Waals surface area contributed by atoms with Crippen molar-refractivity contribution in [3.05, 3.63) is 24.3 Å². The van der Waals surface area contributed by atoms with Gasteiger partial charge in [-0.15, -0.1) is 0 Å². The molecule has 17 heavy (non-hydrogen) atoms. The lowest BCUT2D eigenvalue weighted by atomic mass is 9.84. The van der Waals surface area contributed by atoms with Gasteiger partial charge in [-0.05, 0) is 30.9 Å². The Bertz CT molecular complexity index is 348. The second kappa shape index (κ2) is 5.92. The molecule has 1 fully saturated rings. The Balaban J connectivity index is 1.83. The first-order valence-corrected chi connectivity index (χ1v) is 6.44. The lowest BCUT2D eigenvalue weighted by Crippen LogP contribution is -2.37. The first-order chi connectivity index (χ1) is 8.27. The van der Waals surface area contributed by atoms with Gasteiger partial charge in [-0.25, -0.2) is 0 Å². The fraction of sp³-hybridized carbons (Fsp3) is 0.571. The van der Waals surface area contributed by atoms with Gasteiger partial charge in [0, 0.05) is 6.04 Å². The van der Waals surface area contributed by atoms with Crippen LogP contribution in [0.1, 0.15) is 32.1 Å². The van der Waals surface area contributed by atoms with Gasteiger partial charge in [-0.2, -0.15) is 0 Å². The fourth-order valence-electron chi connectivity index (χ4n) is 2.46. The number of nitrogens with two attached hydrogens (primary N) is 1. The highest BCUT2D eigenvalue weighted by Crippen LogP contribution is 2.28. The molecule has 0 bridgehead atoms. The molecule has 1 saturated carbocycles. The largest absolute Gasteiger partial charge is 0.504 e. The minimum absolute atomic E-state index is 0.0786. The van der Waals surface area contributed by atoms with Crippen molar-refractivity contribution in [2.75, 3.05) is 6.61 Å². The van der Waals surface area contributed by atoms with Crippen LogP contribution in [0.2, 0.25) is 0 Å². The van der Waals surface area contributed by atoms with Gasteiger partial charge in [0.2, 0.25) is 0 Å². The molecule has 0 radical (unpaired) electrons. The maximum Gasteiger partial charge on any atom is 0.160 e. The molecule has 0 heterocycles. The highest BCUT2D eigenvalue weighted by Gasteiger charge is 2.21. The first kappa shape index (κ1) is 12.2. The molecule has 0 aromatic heterocycles. The summed E-state index contributed by atoms with van der Waals surface area (Å²) in [6.07, 6.45) is 6.34. The average Bonchev–Trinajstić information content (AvgIpc) is 2.38. The summed E-state index contributed by atoms with van der Waals surface area (Å²) in [5, 5.41) is 9.57. The Hall–Kier alpha value is -1.22. The van der Waals surface area contributed by atoms with E-state index in [0.717, 1.165) is 0 Å². The molecule has 1 aromatic carbocycles. The minimum Gasteiger partial charge on any atom is -0.504 e. The SMILES string of the molecule is NC(COc1ccccc1O)C1CCCCC1. The Labute approximate surface area is 103 Å². The van der Waals surface area contributed by atoms with E-state index in [1.54, 1.807) is 18.2 Å². The van der Waals surface area contributed by atoms with Crippen LogP contribution in [0.25, 0.3) is 0 Å². The Morgan fingerprint density at radius 3 is 2.65 bits per heavy atom. The maximum atomic E-state index is 9.57. The van der Waals surface area contributed by atoms with Crippen molar-refractivity contribution < 1.29 is 9.84 Å². The number of para-hydroxylation sites is 2. The van der Waals surface area contributed by atoms with E-state index in [9.17, 15) is 5.11 Å². The maximum absolute atomic E-state index is 9.57. The molecular formula is C14H21NO2. The average molecular weight is 235 g/mol. The first-order valence-electron chi connectivity index (χ1n) is 6.44. The van der Waals surface area contributed by atoms with Crippen molar-refractivity contribution in [2.45, 2.75) is 38.1 Å². The zero-order valence-corrected chi connectivity index (χ0v) is 10.1. The van der Waals surface area contributed by atoms with Crippen LogP contribution in [0.4, 0.5) is 0 Å². The van der Waals surface area contributed by atoms with Crippen molar-refractivity contribution in [1.29, 1.82) is 0 Å². The van der Waals surface area contributed by atoms with Gasteiger partial charge in [0.05, 0.1) is 0 Å². The number of phenols is 1. The predicted molar refractivity (Wildman–Crippen MR) is 68.2 cm³/mol. The van der Waals surface area contributed by atoms with E-state index in [2.05, 4.69) is 0 Å². The Morgan fingerprint density at radius 1 is 1.24 bits per heavy atom. The van der Waals surface area contributed by atoms with Crippen LogP contribution < -0.4 is 10.5 Å². The third-order valence-corrected chi connectivity index (χ3v) is 3.55. The number of rotatable bonds is 4. The molecule has 1 aliphatic rings. The number of ether oxygens (including phenoxy) is 1. The summed E-state index contributed by atoms with van der Waals surface area (Å²) in [4.78, 5) is 0. The topological polar surface area (TPSA) is 55.5 Å². The molecule has 3 heteroatoms. The van der Waals surface area contributed by atoms with Crippen molar-refractivity contribution >= 4 is 0 Å². The van der Waals surface area contributed by atoms with Crippen LogP contribution in [-0.4, -0.2) is 17.8 Å². The van der Waals surface area contributed by atoms with Crippen LogP contribution >= 0.6 is 0 Å². The fourth-order valence-corrected chi connectivity index (χ4v) is 2.46. The van der Waals surface area contributed by atoms with Gasteiger partial charge in [0.25, 0.3) is 0 Å². The summed E-state index contributed by atoms with van der Waals surface area (Å²) in [5.41, 5.74) is 6.14. The molecule has 0 amide bonds. The van der Waals surface area contributed by atoms with Gasteiger partial charge < -0.3 is 15.6 Å². The zero-order chi connectivity index (χ0) is 12.1. The molecular weight excluding hydrogens is 214 g/mol. The molecule has 3 nitrogen and oxygen atoms in total. The van der Waals surface area contributed by atoms with Gasteiger partial charge in [0.1, 0.15) is 6.61 Å². The summed E-state index contributed by atoms with van der Waals surface area (Å²) in [7, 11) is 0. The Kier molecular flexibility index (Phi) is 4.26. The van der Waals surface area contributed by atoms with Crippen molar-refractivity contribution in [1.82, 2.24) is 0 Å². The molecule has 1 unspecified atom stereocenters. The second-order valence-corrected chi connectivity index (χ2v) is 4.84. The van der Waals surface area contributed by atoms with Gasteiger partial charge in [0.15, 0.2) is 11.5 Å². The third kappa shape index (κ3) is 3.37. The van der Waals surface area contributed by atoms with Crippen molar-refractivity contribution in [2.24, 2.45) is 11.7 Å². The van der Waals surface area contributed by atoms with Crippen LogP contribution in [0, 0.1) is 5.92 Å². The number of phenolic OH excluding ortho intramolecular Hbond substituents is 1. The van der Waals surface area contributed by atoms with E-state index in [-0.39, 0.29) is 11.8 Å². The number of aromatic hydroxyl groups is 1. The van der Waals surface area contributed by atoms with Gasteiger partial charge >= 0.3 is 0 Å². The van der Waals surface area contributed by atoms with E-state index < -0.39 is 0 Å². The summed E-state index contributed by atoms with van der Waals surface area (Å²) < 4.78 is 5.58. The molecule has 1 aliphatic carbocycles. The van der Waals surface area contributed by atoms with Crippen LogP contribution in [-0.2, 0) is 0 Å². The van der Waals surface area contributed by atoms with Gasteiger partial charge in [-0.1, -0.05) is 31.4 Å². The molecule has 1 aromatic rings. The van der Waals surface area contributed by atoms with Crippen LogP contribution in [0.3, 0.4) is 0 Å². The number of benzene rings is 1. The lowest BCUT2D eigenvalue weighted by molar-refractivity contribution is 0.209. The monoisotopic (exact) mass is 235 g/mol.